The molecule has 0 amide bonds. The topological polar surface area (TPSA) is 29.0 Å². The highest BCUT2D eigenvalue weighted by Crippen LogP contribution is 2.66. The Labute approximate surface area is 312 Å². The molecule has 0 radical (unpaired) electrons. The molecule has 3 heteroatoms. The number of benzene rings is 5. The zero-order valence-electron chi connectivity index (χ0n) is 31.1. The lowest BCUT2D eigenvalue weighted by Crippen LogP contribution is -2.49. The summed E-state index contributed by atoms with van der Waals surface area (Å²) in [5.41, 5.74) is 16.6. The molecule has 53 heavy (non-hydrogen) atoms. The minimum Gasteiger partial charge on any atom is -0.308 e. The van der Waals surface area contributed by atoms with Crippen LogP contribution in [0.5, 0.6) is 0 Å². The summed E-state index contributed by atoms with van der Waals surface area (Å²) in [6.07, 6.45) is 9.29. The monoisotopic (exact) mass is 687 g/mol. The van der Waals surface area contributed by atoms with Crippen molar-refractivity contribution in [1.29, 1.82) is 0 Å². The molecule has 2 aromatic heterocycles. The Morgan fingerprint density at radius 1 is 0.585 bits per heavy atom. The van der Waals surface area contributed by atoms with Crippen LogP contribution in [0, 0.1) is 23.7 Å². The van der Waals surface area contributed by atoms with Gasteiger partial charge < -0.3 is 4.90 Å². The molecule has 5 atom stereocenters. The lowest BCUT2D eigenvalue weighted by atomic mass is 9.49. The van der Waals surface area contributed by atoms with E-state index in [1.807, 2.05) is 12.3 Å². The second-order valence-electron chi connectivity index (χ2n) is 17.3. The first-order valence-electron chi connectivity index (χ1n) is 19.8. The quantitative estimate of drug-likeness (QED) is 0.173. The van der Waals surface area contributed by atoms with Crippen LogP contribution in [0.25, 0.3) is 44.1 Å². The number of anilines is 3. The molecule has 260 valence electrons. The SMILES string of the molecule is CC1CC2CC(C)C3(c4ccccc4-c4c(N(c5ccc6c(c5)C(C)(C)c5ccccc5-6)c5cnc6c(ccc7cccnc76)c5)cccc43)C(C1)C2. The average molecular weight is 688 g/mol. The van der Waals surface area contributed by atoms with Crippen LogP contribution in [0.3, 0.4) is 0 Å². The second-order valence-corrected chi connectivity index (χ2v) is 17.3. The zero-order chi connectivity index (χ0) is 35.6. The molecule has 2 heterocycles. The summed E-state index contributed by atoms with van der Waals surface area (Å²) in [5, 5.41) is 2.21. The second kappa shape index (κ2) is 11.1. The number of hydrogen-bond donors (Lipinski definition) is 0. The lowest BCUT2D eigenvalue weighted by Gasteiger charge is -2.54. The Balaban J connectivity index is 1.18. The Morgan fingerprint density at radius 3 is 2.23 bits per heavy atom. The Hall–Kier alpha value is -5.28. The first-order chi connectivity index (χ1) is 25.8. The maximum atomic E-state index is 5.19. The van der Waals surface area contributed by atoms with E-state index >= 15 is 0 Å². The van der Waals surface area contributed by atoms with E-state index in [1.54, 1.807) is 5.56 Å². The molecule has 0 N–H and O–H groups in total. The summed E-state index contributed by atoms with van der Waals surface area (Å²) in [4.78, 5) is 12.5. The molecule has 2 saturated carbocycles. The molecule has 7 aromatic rings. The first-order valence-corrected chi connectivity index (χ1v) is 19.8. The van der Waals surface area contributed by atoms with E-state index in [9.17, 15) is 0 Å². The van der Waals surface area contributed by atoms with E-state index in [4.69, 9.17) is 9.97 Å². The van der Waals surface area contributed by atoms with Crippen molar-refractivity contribution in [3.8, 4) is 22.3 Å². The van der Waals surface area contributed by atoms with Crippen LogP contribution in [-0.4, -0.2) is 9.97 Å². The third-order valence-corrected chi connectivity index (χ3v) is 14.0. The standard InChI is InChI=1S/C50H45N3/c1-30-23-32-25-31(2)50(35(24-30)26-32)42-15-8-6-13-40(42)46-43(50)16-9-17-45(46)53(37-27-34-19-18-33-11-10-22-51-47(33)48(34)52-29-37)36-20-21-39-38-12-5-7-14-41(38)49(3,4)44(39)28-36/h5-22,27-32,35H,23-26H2,1-4H3. The molecule has 11 rings (SSSR count). The zero-order valence-corrected chi connectivity index (χ0v) is 31.1. The summed E-state index contributed by atoms with van der Waals surface area (Å²) >= 11 is 0. The molecule has 0 saturated heterocycles. The van der Waals surface area contributed by atoms with Crippen LogP contribution in [0.1, 0.15) is 75.6 Å². The maximum absolute atomic E-state index is 5.19. The van der Waals surface area contributed by atoms with Gasteiger partial charge in [0.15, 0.2) is 0 Å². The fraction of sp³-hybridized carbons (Fsp3) is 0.280. The molecule has 2 bridgehead atoms. The highest BCUT2D eigenvalue weighted by molar-refractivity contribution is 6.04. The van der Waals surface area contributed by atoms with E-state index < -0.39 is 0 Å². The van der Waals surface area contributed by atoms with E-state index in [-0.39, 0.29) is 10.8 Å². The van der Waals surface area contributed by atoms with E-state index in [0.29, 0.717) is 11.8 Å². The summed E-state index contributed by atoms with van der Waals surface area (Å²) in [5.74, 6) is 2.83. The van der Waals surface area contributed by atoms with Crippen LogP contribution in [0.4, 0.5) is 17.1 Å². The van der Waals surface area contributed by atoms with Gasteiger partial charge in [-0.05, 0) is 119 Å². The van der Waals surface area contributed by atoms with Gasteiger partial charge in [0.1, 0.15) is 0 Å². The van der Waals surface area contributed by atoms with Gasteiger partial charge in [0.05, 0.1) is 28.6 Å². The molecule has 5 unspecified atom stereocenters. The molecule has 4 aliphatic carbocycles. The number of fused-ring (bicyclic) bond motifs is 14. The third kappa shape index (κ3) is 4.22. The van der Waals surface area contributed by atoms with Gasteiger partial charge in [-0.15, -0.1) is 0 Å². The number of rotatable bonds is 3. The van der Waals surface area contributed by atoms with Crippen LogP contribution in [-0.2, 0) is 10.8 Å². The fourth-order valence-electron chi connectivity index (χ4n) is 12.0. The molecule has 5 aromatic carbocycles. The number of nitrogens with zero attached hydrogens (tertiary/aromatic N) is 3. The normalized spacial score (nSPS) is 24.5. The van der Waals surface area contributed by atoms with E-state index in [1.165, 1.54) is 76.0 Å². The molecule has 1 spiro atoms. The third-order valence-electron chi connectivity index (χ3n) is 14.0. The highest BCUT2D eigenvalue weighted by Gasteiger charge is 2.57. The van der Waals surface area contributed by atoms with E-state index in [2.05, 4.69) is 148 Å². The smallest absolute Gasteiger partial charge is 0.0966 e. The van der Waals surface area contributed by atoms with Crippen molar-refractivity contribution in [3.05, 3.63) is 150 Å². The minimum atomic E-state index is -0.110. The Morgan fingerprint density at radius 2 is 1.34 bits per heavy atom. The molecular formula is C50H45N3. The summed E-state index contributed by atoms with van der Waals surface area (Å²) in [6, 6.07) is 43.6. The van der Waals surface area contributed by atoms with Crippen LogP contribution >= 0.6 is 0 Å². The van der Waals surface area contributed by atoms with Gasteiger partial charge in [-0.25, -0.2) is 0 Å². The van der Waals surface area contributed by atoms with Crippen molar-refractivity contribution in [2.75, 3.05) is 4.90 Å². The summed E-state index contributed by atoms with van der Waals surface area (Å²) in [7, 11) is 0. The van der Waals surface area contributed by atoms with Crippen molar-refractivity contribution in [2.24, 2.45) is 23.7 Å². The molecule has 0 aliphatic heterocycles. The highest BCUT2D eigenvalue weighted by atomic mass is 15.2. The van der Waals surface area contributed by atoms with Crippen LogP contribution in [0.2, 0.25) is 0 Å². The van der Waals surface area contributed by atoms with Crippen molar-refractivity contribution < 1.29 is 0 Å². The number of hydrogen-bond acceptors (Lipinski definition) is 3. The van der Waals surface area contributed by atoms with Gasteiger partial charge >= 0.3 is 0 Å². The van der Waals surface area contributed by atoms with Crippen LogP contribution < -0.4 is 4.90 Å². The van der Waals surface area contributed by atoms with Gasteiger partial charge in [0, 0.05) is 39.1 Å². The molecular weight excluding hydrogens is 643 g/mol. The van der Waals surface area contributed by atoms with Crippen LogP contribution in [0.15, 0.2) is 128 Å². The fourth-order valence-corrected chi connectivity index (χ4v) is 12.0. The van der Waals surface area contributed by atoms with Gasteiger partial charge in [-0.2, -0.15) is 0 Å². The minimum absolute atomic E-state index is 0.0204. The maximum Gasteiger partial charge on any atom is 0.0966 e. The van der Waals surface area contributed by atoms with Gasteiger partial charge in [-0.1, -0.05) is 113 Å². The number of aromatic nitrogens is 2. The predicted octanol–water partition coefficient (Wildman–Crippen LogP) is 12.9. The Bertz CT molecular complexity index is 2630. The summed E-state index contributed by atoms with van der Waals surface area (Å²) in [6.45, 7) is 9.83. The molecule has 4 aliphatic rings. The largest absolute Gasteiger partial charge is 0.308 e. The van der Waals surface area contributed by atoms with E-state index in [0.717, 1.165) is 39.3 Å². The van der Waals surface area contributed by atoms with Crippen molar-refractivity contribution in [2.45, 2.75) is 64.2 Å². The number of pyridine rings is 2. The lowest BCUT2D eigenvalue weighted by molar-refractivity contribution is 0.0426. The Kier molecular flexibility index (Phi) is 6.56. The van der Waals surface area contributed by atoms with Crippen molar-refractivity contribution in [3.63, 3.8) is 0 Å². The van der Waals surface area contributed by atoms with Crippen molar-refractivity contribution >= 4 is 38.9 Å². The van der Waals surface area contributed by atoms with Gasteiger partial charge in [-0.3, -0.25) is 9.97 Å². The average Bonchev–Trinajstić information content (AvgIpc) is 3.60. The molecule has 2 fully saturated rings. The predicted molar refractivity (Wildman–Crippen MR) is 219 cm³/mol. The first kappa shape index (κ1) is 31.3. The molecule has 3 nitrogen and oxygen atoms in total. The van der Waals surface area contributed by atoms with Gasteiger partial charge in [0.25, 0.3) is 0 Å². The van der Waals surface area contributed by atoms with Crippen molar-refractivity contribution in [1.82, 2.24) is 9.97 Å². The van der Waals surface area contributed by atoms with Gasteiger partial charge in [0.2, 0.25) is 0 Å². The summed E-state index contributed by atoms with van der Waals surface area (Å²) < 4.78 is 0.